The van der Waals surface area contributed by atoms with Gasteiger partial charge in [0.25, 0.3) is 11.8 Å². The highest BCUT2D eigenvalue weighted by Crippen LogP contribution is 2.35. The van der Waals surface area contributed by atoms with Gasteiger partial charge in [0, 0.05) is 37.3 Å². The summed E-state index contributed by atoms with van der Waals surface area (Å²) in [5.41, 5.74) is 10.7. The van der Waals surface area contributed by atoms with E-state index >= 15 is 0 Å². The number of nitrogens with zero attached hydrogens (tertiary/aromatic N) is 1. The van der Waals surface area contributed by atoms with Crippen LogP contribution in [0.5, 0.6) is 0 Å². The second kappa shape index (κ2) is 8.71. The predicted molar refractivity (Wildman–Crippen MR) is 131 cm³/mol. The van der Waals surface area contributed by atoms with Crippen molar-refractivity contribution in [3.05, 3.63) is 83.9 Å². The molecule has 2 aliphatic heterocycles. The van der Waals surface area contributed by atoms with E-state index in [0.29, 0.717) is 27.9 Å². The van der Waals surface area contributed by atoms with Crippen molar-refractivity contribution in [2.24, 2.45) is 5.41 Å². The third-order valence-electron chi connectivity index (χ3n) is 6.91. The van der Waals surface area contributed by atoms with E-state index in [1.54, 1.807) is 30.3 Å². The smallest absolute Gasteiger partial charge is 0.255 e. The molecule has 0 aromatic heterocycles. The number of carbonyl (C=O) groups is 2. The number of rotatable bonds is 4. The Hall–Kier alpha value is -3.64. The molecule has 4 N–H and O–H groups in total. The van der Waals surface area contributed by atoms with Gasteiger partial charge >= 0.3 is 0 Å². The molecule has 2 fully saturated rings. The van der Waals surface area contributed by atoms with Crippen molar-refractivity contribution < 1.29 is 9.59 Å². The van der Waals surface area contributed by atoms with Crippen LogP contribution in [0, 0.1) is 5.41 Å². The Morgan fingerprint density at radius 2 is 1.52 bits per heavy atom. The van der Waals surface area contributed by atoms with Gasteiger partial charge in [0.15, 0.2) is 0 Å². The van der Waals surface area contributed by atoms with Crippen LogP contribution in [0.25, 0.3) is 11.1 Å². The van der Waals surface area contributed by atoms with Crippen LogP contribution in [0.15, 0.2) is 72.8 Å². The molecule has 33 heavy (non-hydrogen) atoms. The topological polar surface area (TPSA) is 87.5 Å². The molecule has 2 aliphatic rings. The number of anilines is 2. The first-order valence-corrected chi connectivity index (χ1v) is 11.4. The van der Waals surface area contributed by atoms with Gasteiger partial charge in [0.2, 0.25) is 0 Å². The summed E-state index contributed by atoms with van der Waals surface area (Å²) in [6, 6.07) is 22.4. The number of amides is 2. The predicted octanol–water partition coefficient (Wildman–Crippen LogP) is 4.01. The molecule has 3 aromatic rings. The van der Waals surface area contributed by atoms with Crippen LogP contribution in [0.4, 0.5) is 11.4 Å². The fourth-order valence-electron chi connectivity index (χ4n) is 4.63. The standard InChI is InChI=1S/C27H28N4O2/c28-23-11-10-22(19-4-2-1-3-5-19)16-24(23)30-25(32)20-6-8-21(9-7-20)26(33)31-14-12-27(13-15-31)17-29-18-27/h1-11,16,29H,12-15,17-18,28H2,(H,30,32). The molecule has 0 unspecified atom stereocenters. The molecule has 168 valence electrons. The molecule has 0 radical (unpaired) electrons. The van der Waals surface area contributed by atoms with E-state index in [0.717, 1.165) is 50.1 Å². The largest absolute Gasteiger partial charge is 0.397 e. The van der Waals surface area contributed by atoms with E-state index < -0.39 is 0 Å². The molecule has 0 saturated carbocycles. The van der Waals surface area contributed by atoms with Crippen molar-refractivity contribution in [2.45, 2.75) is 12.8 Å². The number of nitrogens with one attached hydrogen (secondary N) is 2. The second-order valence-corrected chi connectivity index (χ2v) is 9.10. The normalized spacial score (nSPS) is 16.8. The number of piperidine rings is 1. The summed E-state index contributed by atoms with van der Waals surface area (Å²) in [5, 5.41) is 6.25. The van der Waals surface area contributed by atoms with Crippen LogP contribution >= 0.6 is 0 Å². The Labute approximate surface area is 193 Å². The molecule has 1 spiro atoms. The summed E-state index contributed by atoms with van der Waals surface area (Å²) in [5.74, 6) is -0.229. The van der Waals surface area contributed by atoms with Crippen molar-refractivity contribution in [1.82, 2.24) is 10.2 Å². The summed E-state index contributed by atoms with van der Waals surface area (Å²) in [7, 11) is 0. The lowest BCUT2D eigenvalue weighted by atomic mass is 9.73. The zero-order chi connectivity index (χ0) is 22.8. The van der Waals surface area contributed by atoms with Crippen molar-refractivity contribution in [2.75, 3.05) is 37.2 Å². The van der Waals surface area contributed by atoms with Gasteiger partial charge < -0.3 is 21.3 Å². The van der Waals surface area contributed by atoms with Crippen LogP contribution in [-0.2, 0) is 0 Å². The van der Waals surface area contributed by atoms with E-state index in [-0.39, 0.29) is 11.8 Å². The Bertz CT molecular complexity index is 1160. The average Bonchev–Trinajstić information content (AvgIpc) is 2.84. The third-order valence-corrected chi connectivity index (χ3v) is 6.91. The second-order valence-electron chi connectivity index (χ2n) is 9.10. The molecule has 6 heteroatoms. The van der Waals surface area contributed by atoms with Gasteiger partial charge in [0.05, 0.1) is 11.4 Å². The fourth-order valence-corrected chi connectivity index (χ4v) is 4.63. The van der Waals surface area contributed by atoms with Crippen LogP contribution in [0.3, 0.4) is 0 Å². The first-order chi connectivity index (χ1) is 16.0. The van der Waals surface area contributed by atoms with E-state index in [9.17, 15) is 9.59 Å². The maximum atomic E-state index is 12.9. The van der Waals surface area contributed by atoms with Crippen molar-refractivity contribution >= 4 is 23.2 Å². The zero-order valence-electron chi connectivity index (χ0n) is 18.5. The van der Waals surface area contributed by atoms with Crippen molar-refractivity contribution in [1.29, 1.82) is 0 Å². The Morgan fingerprint density at radius 3 is 2.15 bits per heavy atom. The summed E-state index contributed by atoms with van der Waals surface area (Å²) < 4.78 is 0. The van der Waals surface area contributed by atoms with E-state index in [2.05, 4.69) is 10.6 Å². The van der Waals surface area contributed by atoms with Gasteiger partial charge in [-0.15, -0.1) is 0 Å². The Kier molecular flexibility index (Phi) is 5.60. The fraction of sp³-hybridized carbons (Fsp3) is 0.259. The van der Waals surface area contributed by atoms with Crippen LogP contribution in [0.1, 0.15) is 33.6 Å². The first-order valence-electron chi connectivity index (χ1n) is 11.4. The number of nitrogens with two attached hydrogens (primary N) is 1. The molecular weight excluding hydrogens is 412 g/mol. The number of hydrogen-bond acceptors (Lipinski definition) is 4. The summed E-state index contributed by atoms with van der Waals surface area (Å²) in [6.07, 6.45) is 2.10. The van der Waals surface area contributed by atoms with Gasteiger partial charge in [-0.2, -0.15) is 0 Å². The minimum absolute atomic E-state index is 0.0314. The molecule has 0 aliphatic carbocycles. The molecule has 0 bridgehead atoms. The average molecular weight is 441 g/mol. The highest BCUT2D eigenvalue weighted by atomic mass is 16.2. The molecule has 3 aromatic carbocycles. The highest BCUT2D eigenvalue weighted by molar-refractivity contribution is 6.06. The number of hydrogen-bond donors (Lipinski definition) is 3. The van der Waals surface area contributed by atoms with E-state index in [1.165, 1.54) is 0 Å². The molecule has 5 rings (SSSR count). The van der Waals surface area contributed by atoms with E-state index in [1.807, 2.05) is 47.4 Å². The minimum Gasteiger partial charge on any atom is -0.397 e. The minimum atomic E-state index is -0.261. The number of likely N-dealkylation sites (tertiary alicyclic amines) is 1. The van der Waals surface area contributed by atoms with Gasteiger partial charge in [-0.3, -0.25) is 9.59 Å². The lowest BCUT2D eigenvalue weighted by Gasteiger charge is -2.48. The molecule has 2 saturated heterocycles. The first kappa shape index (κ1) is 21.2. The SMILES string of the molecule is Nc1ccc(-c2ccccc2)cc1NC(=O)c1ccc(C(=O)N2CCC3(CC2)CNC3)cc1. The van der Waals surface area contributed by atoms with Gasteiger partial charge in [-0.1, -0.05) is 36.4 Å². The number of carbonyl (C=O) groups excluding carboxylic acids is 2. The third kappa shape index (κ3) is 4.34. The van der Waals surface area contributed by atoms with Crippen molar-refractivity contribution in [3.63, 3.8) is 0 Å². The molecule has 2 heterocycles. The molecule has 6 nitrogen and oxygen atoms in total. The van der Waals surface area contributed by atoms with Crippen LogP contribution in [0.2, 0.25) is 0 Å². The maximum absolute atomic E-state index is 12.9. The van der Waals surface area contributed by atoms with Crippen LogP contribution in [-0.4, -0.2) is 42.9 Å². The lowest BCUT2D eigenvalue weighted by molar-refractivity contribution is 0.0414. The van der Waals surface area contributed by atoms with E-state index in [4.69, 9.17) is 5.73 Å². The van der Waals surface area contributed by atoms with Gasteiger partial charge in [0.1, 0.15) is 0 Å². The van der Waals surface area contributed by atoms with Crippen LogP contribution < -0.4 is 16.4 Å². The molecule has 0 atom stereocenters. The quantitative estimate of drug-likeness (QED) is 0.535. The summed E-state index contributed by atoms with van der Waals surface area (Å²) >= 11 is 0. The summed E-state index contributed by atoms with van der Waals surface area (Å²) in [6.45, 7) is 3.72. The lowest BCUT2D eigenvalue weighted by Crippen LogP contribution is -2.58. The number of nitrogen functional groups attached to an aromatic ring is 1. The number of benzene rings is 3. The Balaban J connectivity index is 1.25. The molecular formula is C27H28N4O2. The maximum Gasteiger partial charge on any atom is 0.255 e. The highest BCUT2D eigenvalue weighted by Gasteiger charge is 2.40. The monoisotopic (exact) mass is 440 g/mol. The molecule has 2 amide bonds. The van der Waals surface area contributed by atoms with Gasteiger partial charge in [-0.05, 0) is 65.8 Å². The summed E-state index contributed by atoms with van der Waals surface area (Å²) in [4.78, 5) is 27.7. The Morgan fingerprint density at radius 1 is 0.848 bits per heavy atom. The zero-order valence-corrected chi connectivity index (χ0v) is 18.5. The van der Waals surface area contributed by atoms with Gasteiger partial charge in [-0.25, -0.2) is 0 Å². The van der Waals surface area contributed by atoms with Crippen molar-refractivity contribution in [3.8, 4) is 11.1 Å².